The molecule has 2 aromatic carbocycles. The highest BCUT2D eigenvalue weighted by atomic mass is 16.1. The molecule has 0 aliphatic heterocycles. The molecule has 1 amide bonds. The summed E-state index contributed by atoms with van der Waals surface area (Å²) < 4.78 is 0. The Balaban J connectivity index is 1.81. The molecule has 0 bridgehead atoms. The summed E-state index contributed by atoms with van der Waals surface area (Å²) in [7, 11) is 0. The molecule has 3 nitrogen and oxygen atoms in total. The van der Waals surface area contributed by atoms with E-state index in [1.807, 2.05) is 36.4 Å². The molecule has 23 heavy (non-hydrogen) atoms. The Labute approximate surface area is 139 Å². The van der Waals surface area contributed by atoms with Crippen LogP contribution >= 0.6 is 0 Å². The van der Waals surface area contributed by atoms with E-state index in [1.165, 1.54) is 11.1 Å². The summed E-state index contributed by atoms with van der Waals surface area (Å²) >= 11 is 0. The Kier molecular flexibility index (Phi) is 5.80. The van der Waals surface area contributed by atoms with Gasteiger partial charge in [0.1, 0.15) is 0 Å². The number of benzene rings is 2. The van der Waals surface area contributed by atoms with E-state index in [0.717, 1.165) is 12.1 Å². The van der Waals surface area contributed by atoms with Crippen LogP contribution in [-0.2, 0) is 16.6 Å². The lowest BCUT2D eigenvalue weighted by Crippen LogP contribution is -2.32. The van der Waals surface area contributed by atoms with Gasteiger partial charge >= 0.3 is 0 Å². The number of carbonyl (C=O) groups is 1. The lowest BCUT2D eigenvalue weighted by atomic mass is 9.86. The molecule has 0 saturated carbocycles. The third-order valence-electron chi connectivity index (χ3n) is 3.75. The van der Waals surface area contributed by atoms with Crippen LogP contribution in [0, 0.1) is 0 Å². The van der Waals surface area contributed by atoms with Crippen LogP contribution in [0.4, 0.5) is 5.69 Å². The zero-order chi connectivity index (χ0) is 16.7. The van der Waals surface area contributed by atoms with Crippen molar-refractivity contribution in [2.24, 2.45) is 0 Å². The molecule has 0 aliphatic rings. The summed E-state index contributed by atoms with van der Waals surface area (Å²) in [5, 5.41) is 6.21. The number of para-hydroxylation sites is 1. The van der Waals surface area contributed by atoms with Crippen molar-refractivity contribution in [1.82, 2.24) is 5.32 Å². The van der Waals surface area contributed by atoms with Gasteiger partial charge in [0, 0.05) is 12.2 Å². The number of hydrogen-bond acceptors (Lipinski definition) is 2. The summed E-state index contributed by atoms with van der Waals surface area (Å²) in [4.78, 5) is 12.0. The van der Waals surface area contributed by atoms with Crippen molar-refractivity contribution in [2.45, 2.75) is 32.6 Å². The molecule has 0 atom stereocenters. The fourth-order valence-electron chi connectivity index (χ4n) is 2.52. The van der Waals surface area contributed by atoms with Gasteiger partial charge in [0.05, 0.1) is 6.54 Å². The lowest BCUT2D eigenvalue weighted by molar-refractivity contribution is -0.119. The lowest BCUT2D eigenvalue weighted by Gasteiger charge is -2.23. The van der Waals surface area contributed by atoms with E-state index in [2.05, 4.69) is 49.6 Å². The highest BCUT2D eigenvalue weighted by molar-refractivity contribution is 5.81. The van der Waals surface area contributed by atoms with E-state index in [-0.39, 0.29) is 11.3 Å². The van der Waals surface area contributed by atoms with Crippen LogP contribution in [0.3, 0.4) is 0 Å². The second kappa shape index (κ2) is 7.82. The van der Waals surface area contributed by atoms with Crippen LogP contribution in [0.15, 0.2) is 54.6 Å². The van der Waals surface area contributed by atoms with Gasteiger partial charge in [0.2, 0.25) is 5.91 Å². The molecule has 0 aromatic heterocycles. The van der Waals surface area contributed by atoms with E-state index in [1.54, 1.807) is 0 Å². The molecule has 0 fully saturated rings. The van der Waals surface area contributed by atoms with Crippen molar-refractivity contribution in [3.05, 3.63) is 65.7 Å². The molecule has 3 heteroatoms. The van der Waals surface area contributed by atoms with Crippen molar-refractivity contribution in [2.75, 3.05) is 18.4 Å². The molecule has 0 heterocycles. The predicted molar refractivity (Wildman–Crippen MR) is 96.8 cm³/mol. The minimum atomic E-state index is 0.0182. The van der Waals surface area contributed by atoms with Crippen molar-refractivity contribution in [1.29, 1.82) is 0 Å². The maximum absolute atomic E-state index is 12.0. The molecule has 0 spiro atoms. The Hall–Kier alpha value is -2.29. The molecule has 0 saturated heterocycles. The summed E-state index contributed by atoms with van der Waals surface area (Å²) in [6.45, 7) is 7.47. The zero-order valence-electron chi connectivity index (χ0n) is 14.2. The number of rotatable bonds is 6. The molecule has 0 radical (unpaired) electrons. The standard InChI is InChI=1S/C20H26N2O/c1-20(2,3)17-11-7-8-12-18(17)22-15-19(23)21-14-13-16-9-5-4-6-10-16/h4-12,22H,13-15H2,1-3H3,(H,21,23). The van der Waals surface area contributed by atoms with E-state index >= 15 is 0 Å². The smallest absolute Gasteiger partial charge is 0.239 e. The summed E-state index contributed by atoms with van der Waals surface area (Å²) in [6.07, 6.45) is 0.852. The third-order valence-corrected chi connectivity index (χ3v) is 3.75. The van der Waals surface area contributed by atoms with E-state index in [9.17, 15) is 4.79 Å². The van der Waals surface area contributed by atoms with Gasteiger partial charge in [-0.2, -0.15) is 0 Å². The maximum Gasteiger partial charge on any atom is 0.239 e. The van der Waals surface area contributed by atoms with Crippen LogP contribution < -0.4 is 10.6 Å². The molecular weight excluding hydrogens is 284 g/mol. The fraction of sp³-hybridized carbons (Fsp3) is 0.350. The summed E-state index contributed by atoms with van der Waals surface area (Å²) in [5.74, 6) is 0.0182. The van der Waals surface area contributed by atoms with Crippen LogP contribution in [0.1, 0.15) is 31.9 Å². The fourth-order valence-corrected chi connectivity index (χ4v) is 2.52. The molecule has 2 rings (SSSR count). The highest BCUT2D eigenvalue weighted by Crippen LogP contribution is 2.28. The molecule has 2 aromatic rings. The summed E-state index contributed by atoms with van der Waals surface area (Å²) in [6, 6.07) is 18.3. The first-order valence-corrected chi connectivity index (χ1v) is 8.11. The Morgan fingerprint density at radius 3 is 2.30 bits per heavy atom. The number of anilines is 1. The Bertz CT molecular complexity index is 630. The SMILES string of the molecule is CC(C)(C)c1ccccc1NCC(=O)NCCc1ccccc1. The maximum atomic E-state index is 12.0. The second-order valence-corrected chi connectivity index (χ2v) is 6.73. The zero-order valence-corrected chi connectivity index (χ0v) is 14.2. The predicted octanol–water partition coefficient (Wildman–Crippen LogP) is 3.75. The molecular formula is C20H26N2O. The first kappa shape index (κ1) is 17.1. The Morgan fingerprint density at radius 2 is 1.61 bits per heavy atom. The number of amides is 1. The minimum Gasteiger partial charge on any atom is -0.376 e. The van der Waals surface area contributed by atoms with Gasteiger partial charge in [-0.15, -0.1) is 0 Å². The van der Waals surface area contributed by atoms with Gasteiger partial charge in [-0.05, 0) is 29.0 Å². The molecule has 2 N–H and O–H groups in total. The van der Waals surface area contributed by atoms with E-state index < -0.39 is 0 Å². The van der Waals surface area contributed by atoms with Crippen LogP contribution in [0.25, 0.3) is 0 Å². The van der Waals surface area contributed by atoms with Gasteiger partial charge in [-0.1, -0.05) is 69.3 Å². The average Bonchev–Trinajstić information content (AvgIpc) is 2.53. The number of hydrogen-bond donors (Lipinski definition) is 2. The highest BCUT2D eigenvalue weighted by Gasteiger charge is 2.17. The minimum absolute atomic E-state index is 0.0182. The monoisotopic (exact) mass is 310 g/mol. The van der Waals surface area contributed by atoms with E-state index in [0.29, 0.717) is 13.1 Å². The van der Waals surface area contributed by atoms with Gasteiger partial charge in [0.25, 0.3) is 0 Å². The quantitative estimate of drug-likeness (QED) is 0.853. The number of carbonyl (C=O) groups excluding carboxylic acids is 1. The van der Waals surface area contributed by atoms with Crippen LogP contribution in [0.5, 0.6) is 0 Å². The van der Waals surface area contributed by atoms with E-state index in [4.69, 9.17) is 0 Å². The topological polar surface area (TPSA) is 41.1 Å². The van der Waals surface area contributed by atoms with Crippen molar-refractivity contribution >= 4 is 11.6 Å². The third kappa shape index (κ3) is 5.44. The second-order valence-electron chi connectivity index (χ2n) is 6.73. The molecule has 0 aliphatic carbocycles. The normalized spacial score (nSPS) is 11.1. The van der Waals surface area contributed by atoms with Gasteiger partial charge in [-0.3, -0.25) is 4.79 Å². The van der Waals surface area contributed by atoms with Crippen LogP contribution in [0.2, 0.25) is 0 Å². The molecule has 122 valence electrons. The summed E-state index contributed by atoms with van der Waals surface area (Å²) in [5.41, 5.74) is 3.53. The Morgan fingerprint density at radius 1 is 0.957 bits per heavy atom. The van der Waals surface area contributed by atoms with Crippen molar-refractivity contribution in [3.63, 3.8) is 0 Å². The number of nitrogens with one attached hydrogen (secondary N) is 2. The van der Waals surface area contributed by atoms with Crippen molar-refractivity contribution < 1.29 is 4.79 Å². The van der Waals surface area contributed by atoms with Crippen molar-refractivity contribution in [3.8, 4) is 0 Å². The largest absolute Gasteiger partial charge is 0.376 e. The van der Waals surface area contributed by atoms with Crippen LogP contribution in [-0.4, -0.2) is 19.0 Å². The molecule has 0 unspecified atom stereocenters. The average molecular weight is 310 g/mol. The first-order chi connectivity index (χ1) is 11.0. The first-order valence-electron chi connectivity index (χ1n) is 8.11. The van der Waals surface area contributed by atoms with Gasteiger partial charge in [-0.25, -0.2) is 0 Å². The van der Waals surface area contributed by atoms with Gasteiger partial charge < -0.3 is 10.6 Å². The van der Waals surface area contributed by atoms with Gasteiger partial charge in [0.15, 0.2) is 0 Å².